The van der Waals surface area contributed by atoms with Crippen LogP contribution in [0.1, 0.15) is 36.8 Å². The molecule has 2 heterocycles. The third kappa shape index (κ3) is 5.85. The molecule has 1 amide bonds. The van der Waals surface area contributed by atoms with E-state index in [9.17, 15) is 18.0 Å². The first kappa shape index (κ1) is 27.2. The molecule has 2 atom stereocenters. The molecular weight excluding hydrogens is 501 g/mol. The number of nitrogen functional groups attached to an aromatic ring is 1. The van der Waals surface area contributed by atoms with Crippen LogP contribution in [0.5, 0.6) is 11.5 Å². The van der Waals surface area contributed by atoms with E-state index in [0.29, 0.717) is 40.4 Å². The van der Waals surface area contributed by atoms with Crippen molar-refractivity contribution >= 4 is 28.5 Å². The maximum atomic E-state index is 13.3. The monoisotopic (exact) mass is 532 g/mol. The van der Waals surface area contributed by atoms with Crippen molar-refractivity contribution in [1.29, 1.82) is 0 Å². The average molecular weight is 533 g/mol. The van der Waals surface area contributed by atoms with E-state index in [1.807, 2.05) is 14.0 Å². The zero-order chi connectivity index (χ0) is 27.8. The Morgan fingerprint density at radius 1 is 1.16 bits per heavy atom. The number of aromatic nitrogens is 2. The standard InChI is InChI=1S/C26H31F3N6O3/c1-14-13-34(4)6-7-35(14)25(36)38-23-11-20-21(12-22(23)37-5)32-16(3)33-24(20)31-15(2)17-8-18(26(27,28)29)10-19(30)9-17/h8-12,14-15H,6-7,13,30H2,1-5H3,(H,31,32,33)/t14-,15-/m1/s1. The molecule has 1 saturated heterocycles. The zero-order valence-corrected chi connectivity index (χ0v) is 21.9. The molecule has 3 N–H and O–H groups in total. The highest BCUT2D eigenvalue weighted by molar-refractivity contribution is 5.92. The maximum absolute atomic E-state index is 13.3. The largest absolute Gasteiger partial charge is 0.493 e. The first-order chi connectivity index (χ1) is 17.8. The van der Waals surface area contributed by atoms with Gasteiger partial charge in [0.2, 0.25) is 0 Å². The van der Waals surface area contributed by atoms with Crippen LogP contribution >= 0.6 is 0 Å². The first-order valence-corrected chi connectivity index (χ1v) is 12.1. The number of nitrogens with one attached hydrogen (secondary N) is 1. The summed E-state index contributed by atoms with van der Waals surface area (Å²) in [6, 6.07) is 6.05. The SMILES string of the molecule is COc1cc2nc(C)nc(N[C@H](C)c3cc(N)cc(C(F)(F)F)c3)c2cc1OC(=O)N1CCN(C)C[C@H]1C. The molecule has 1 aromatic heterocycles. The molecule has 0 radical (unpaired) electrons. The molecular formula is C26H31F3N6O3. The number of anilines is 2. The summed E-state index contributed by atoms with van der Waals surface area (Å²) < 4.78 is 51.2. The number of piperazine rings is 1. The third-order valence-electron chi connectivity index (χ3n) is 6.51. The van der Waals surface area contributed by atoms with Crippen molar-refractivity contribution in [2.45, 2.75) is 39.0 Å². The topological polar surface area (TPSA) is 106 Å². The van der Waals surface area contributed by atoms with E-state index in [1.165, 1.54) is 13.2 Å². The fraction of sp³-hybridized carbons (Fsp3) is 0.423. The van der Waals surface area contributed by atoms with Crippen molar-refractivity contribution in [2.24, 2.45) is 0 Å². The van der Waals surface area contributed by atoms with E-state index >= 15 is 0 Å². The number of hydrogen-bond donors (Lipinski definition) is 2. The average Bonchev–Trinajstić information content (AvgIpc) is 2.82. The molecule has 38 heavy (non-hydrogen) atoms. The Bertz CT molecular complexity index is 1350. The van der Waals surface area contributed by atoms with Gasteiger partial charge < -0.3 is 30.3 Å². The number of fused-ring (bicyclic) bond motifs is 1. The Balaban J connectivity index is 1.68. The Kier molecular flexibility index (Phi) is 7.54. The summed E-state index contributed by atoms with van der Waals surface area (Å²) >= 11 is 0. The van der Waals surface area contributed by atoms with Crippen LogP contribution in [0.4, 0.5) is 29.5 Å². The number of amides is 1. The Morgan fingerprint density at radius 3 is 2.55 bits per heavy atom. The highest BCUT2D eigenvalue weighted by atomic mass is 19.4. The summed E-state index contributed by atoms with van der Waals surface area (Å²) in [6.45, 7) is 7.34. The van der Waals surface area contributed by atoms with Crippen molar-refractivity contribution in [3.05, 3.63) is 47.3 Å². The van der Waals surface area contributed by atoms with E-state index in [1.54, 1.807) is 30.9 Å². The number of rotatable bonds is 5. The van der Waals surface area contributed by atoms with Crippen molar-refractivity contribution in [3.8, 4) is 11.5 Å². The number of hydrogen-bond acceptors (Lipinski definition) is 8. The lowest BCUT2D eigenvalue weighted by Crippen LogP contribution is -2.53. The van der Waals surface area contributed by atoms with Crippen molar-refractivity contribution in [3.63, 3.8) is 0 Å². The van der Waals surface area contributed by atoms with Crippen LogP contribution in [-0.4, -0.2) is 65.7 Å². The second-order valence-electron chi connectivity index (χ2n) is 9.56. The van der Waals surface area contributed by atoms with Gasteiger partial charge in [0.05, 0.1) is 24.2 Å². The van der Waals surface area contributed by atoms with Crippen LogP contribution < -0.4 is 20.5 Å². The van der Waals surface area contributed by atoms with E-state index < -0.39 is 23.9 Å². The molecule has 1 fully saturated rings. The lowest BCUT2D eigenvalue weighted by Gasteiger charge is -2.37. The Morgan fingerprint density at radius 2 is 1.89 bits per heavy atom. The fourth-order valence-corrected chi connectivity index (χ4v) is 4.54. The van der Waals surface area contributed by atoms with Gasteiger partial charge in [-0.05, 0) is 57.6 Å². The number of nitrogens with zero attached hydrogens (tertiary/aromatic N) is 4. The van der Waals surface area contributed by atoms with Crippen molar-refractivity contribution in [2.75, 3.05) is 44.8 Å². The van der Waals surface area contributed by atoms with Gasteiger partial charge in [-0.2, -0.15) is 13.2 Å². The van der Waals surface area contributed by atoms with E-state index in [0.717, 1.165) is 25.2 Å². The molecule has 0 unspecified atom stereocenters. The summed E-state index contributed by atoms with van der Waals surface area (Å²) in [6.07, 6.45) is -5.03. The highest BCUT2D eigenvalue weighted by Crippen LogP contribution is 2.37. The predicted octanol–water partition coefficient (Wildman–Crippen LogP) is 4.86. The van der Waals surface area contributed by atoms with Crippen LogP contribution in [0.2, 0.25) is 0 Å². The molecule has 0 bridgehead atoms. The molecule has 204 valence electrons. The van der Waals surface area contributed by atoms with E-state index in [-0.39, 0.29) is 17.5 Å². The Hall–Kier alpha value is -3.80. The van der Waals surface area contributed by atoms with Gasteiger partial charge in [-0.15, -0.1) is 0 Å². The minimum absolute atomic E-state index is 0.00395. The van der Waals surface area contributed by atoms with Crippen LogP contribution in [0.15, 0.2) is 30.3 Å². The van der Waals surface area contributed by atoms with Gasteiger partial charge in [-0.3, -0.25) is 0 Å². The van der Waals surface area contributed by atoms with Crippen LogP contribution in [0.25, 0.3) is 10.9 Å². The number of carbonyl (C=O) groups is 1. The number of benzene rings is 2. The number of methoxy groups -OCH3 is 1. The molecule has 1 aliphatic heterocycles. The number of ether oxygens (including phenoxy) is 2. The summed E-state index contributed by atoms with van der Waals surface area (Å²) in [5.74, 6) is 1.30. The minimum Gasteiger partial charge on any atom is -0.493 e. The molecule has 3 aromatic rings. The van der Waals surface area contributed by atoms with Gasteiger partial charge in [-0.25, -0.2) is 14.8 Å². The number of alkyl halides is 3. The first-order valence-electron chi connectivity index (χ1n) is 12.1. The number of halogens is 3. The van der Waals surface area contributed by atoms with Gasteiger partial charge in [0.1, 0.15) is 11.6 Å². The summed E-state index contributed by atoms with van der Waals surface area (Å²) in [5.41, 5.74) is 5.78. The second kappa shape index (κ2) is 10.5. The van der Waals surface area contributed by atoms with E-state index in [4.69, 9.17) is 15.2 Å². The minimum atomic E-state index is -4.53. The quantitative estimate of drug-likeness (QED) is 0.449. The number of likely N-dealkylation sites (N-methyl/N-ethyl adjacent to an activating group) is 1. The summed E-state index contributed by atoms with van der Waals surface area (Å²) in [7, 11) is 3.46. The number of aryl methyl sites for hydroxylation is 1. The second-order valence-corrected chi connectivity index (χ2v) is 9.56. The van der Waals surface area contributed by atoms with Gasteiger partial charge in [0, 0.05) is 42.8 Å². The lowest BCUT2D eigenvalue weighted by atomic mass is 10.0. The van der Waals surface area contributed by atoms with Gasteiger partial charge in [0.15, 0.2) is 11.5 Å². The molecule has 0 saturated carbocycles. The Labute approximate surface area is 218 Å². The van der Waals surface area contributed by atoms with Gasteiger partial charge in [0.25, 0.3) is 0 Å². The summed E-state index contributed by atoms with van der Waals surface area (Å²) in [5, 5.41) is 3.68. The zero-order valence-electron chi connectivity index (χ0n) is 21.9. The van der Waals surface area contributed by atoms with Crippen LogP contribution in [0.3, 0.4) is 0 Å². The van der Waals surface area contributed by atoms with Gasteiger partial charge >= 0.3 is 12.3 Å². The van der Waals surface area contributed by atoms with Crippen LogP contribution in [0, 0.1) is 6.92 Å². The maximum Gasteiger partial charge on any atom is 0.416 e. The molecule has 1 aliphatic rings. The van der Waals surface area contributed by atoms with E-state index in [2.05, 4.69) is 20.2 Å². The van der Waals surface area contributed by atoms with Crippen molar-refractivity contribution < 1.29 is 27.4 Å². The fourth-order valence-electron chi connectivity index (χ4n) is 4.54. The smallest absolute Gasteiger partial charge is 0.416 e. The van der Waals surface area contributed by atoms with Gasteiger partial charge in [-0.1, -0.05) is 0 Å². The highest BCUT2D eigenvalue weighted by Gasteiger charge is 2.32. The molecule has 4 rings (SSSR count). The molecule has 0 spiro atoms. The molecule has 0 aliphatic carbocycles. The number of carbonyl (C=O) groups excluding carboxylic acids is 1. The molecule has 9 nitrogen and oxygen atoms in total. The van der Waals surface area contributed by atoms with Crippen LogP contribution in [-0.2, 0) is 6.18 Å². The predicted molar refractivity (Wildman–Crippen MR) is 138 cm³/mol. The molecule has 2 aromatic carbocycles. The summed E-state index contributed by atoms with van der Waals surface area (Å²) in [4.78, 5) is 25.7. The number of nitrogens with two attached hydrogens (primary N) is 1. The van der Waals surface area contributed by atoms with Crippen molar-refractivity contribution in [1.82, 2.24) is 19.8 Å². The molecule has 12 heteroatoms. The lowest BCUT2D eigenvalue weighted by molar-refractivity contribution is -0.137. The normalized spacial score (nSPS) is 17.4. The third-order valence-corrected chi connectivity index (χ3v) is 6.51.